The molecule has 0 bridgehead atoms. The lowest BCUT2D eigenvalue weighted by atomic mass is 9.68. The Morgan fingerprint density at radius 2 is 1.90 bits per heavy atom. The van der Waals surface area contributed by atoms with Crippen molar-refractivity contribution in [2.24, 2.45) is 16.6 Å². The summed E-state index contributed by atoms with van der Waals surface area (Å²) < 4.78 is 0. The van der Waals surface area contributed by atoms with Crippen LogP contribution in [0, 0.1) is 10.8 Å². The number of amides is 1. The molecule has 1 unspecified atom stereocenters. The highest BCUT2D eigenvalue weighted by Gasteiger charge is 2.43. The first-order chi connectivity index (χ1) is 9.86. The molecule has 1 aromatic rings. The van der Waals surface area contributed by atoms with Crippen molar-refractivity contribution in [1.82, 2.24) is 5.32 Å². The van der Waals surface area contributed by atoms with Crippen LogP contribution in [0.15, 0.2) is 30.3 Å². The molecule has 21 heavy (non-hydrogen) atoms. The van der Waals surface area contributed by atoms with Gasteiger partial charge in [0, 0.05) is 6.54 Å². The third-order valence-electron chi connectivity index (χ3n) is 4.51. The number of carbonyl (C=O) groups is 1. The van der Waals surface area contributed by atoms with E-state index >= 15 is 0 Å². The Morgan fingerprint density at radius 1 is 1.29 bits per heavy atom. The molecule has 0 aliphatic heterocycles. The van der Waals surface area contributed by atoms with Crippen molar-refractivity contribution in [1.29, 1.82) is 0 Å². The summed E-state index contributed by atoms with van der Waals surface area (Å²) in [5.41, 5.74) is 6.87. The van der Waals surface area contributed by atoms with Crippen LogP contribution in [-0.2, 0) is 4.79 Å². The maximum absolute atomic E-state index is 12.7. The van der Waals surface area contributed by atoms with E-state index in [1.807, 2.05) is 18.2 Å². The van der Waals surface area contributed by atoms with Gasteiger partial charge in [-0.15, -0.1) is 0 Å². The van der Waals surface area contributed by atoms with Gasteiger partial charge in [-0.1, -0.05) is 57.5 Å². The molecule has 1 aliphatic rings. The van der Waals surface area contributed by atoms with Gasteiger partial charge in [0.2, 0.25) is 5.91 Å². The average molecular weight is 288 g/mol. The van der Waals surface area contributed by atoms with Gasteiger partial charge in [-0.2, -0.15) is 0 Å². The van der Waals surface area contributed by atoms with Crippen LogP contribution in [0.2, 0.25) is 0 Å². The van der Waals surface area contributed by atoms with Gasteiger partial charge in [-0.25, -0.2) is 0 Å². The lowest BCUT2D eigenvalue weighted by Gasteiger charge is -2.40. The Labute approximate surface area is 128 Å². The number of nitrogens with one attached hydrogen (secondary N) is 1. The van der Waals surface area contributed by atoms with Gasteiger partial charge in [-0.05, 0) is 30.2 Å². The maximum atomic E-state index is 12.7. The van der Waals surface area contributed by atoms with Crippen molar-refractivity contribution in [2.75, 3.05) is 6.54 Å². The minimum absolute atomic E-state index is 0.0581. The molecular weight excluding hydrogens is 260 g/mol. The number of rotatable bonds is 5. The Hall–Kier alpha value is -1.35. The number of carbonyl (C=O) groups excluding carboxylic acids is 1. The van der Waals surface area contributed by atoms with Crippen molar-refractivity contribution in [2.45, 2.75) is 52.5 Å². The molecule has 1 atom stereocenters. The normalized spacial score (nSPS) is 18.7. The summed E-state index contributed by atoms with van der Waals surface area (Å²) in [6.45, 7) is 7.07. The molecule has 3 nitrogen and oxygen atoms in total. The van der Waals surface area contributed by atoms with Gasteiger partial charge in [0.1, 0.15) is 0 Å². The smallest absolute Gasteiger partial charge is 0.227 e. The van der Waals surface area contributed by atoms with Crippen molar-refractivity contribution < 1.29 is 4.79 Å². The van der Waals surface area contributed by atoms with E-state index in [2.05, 4.69) is 38.2 Å². The second-order valence-electron chi connectivity index (χ2n) is 7.54. The minimum Gasteiger partial charge on any atom is -0.349 e. The van der Waals surface area contributed by atoms with Crippen LogP contribution in [0.25, 0.3) is 0 Å². The first kappa shape index (κ1) is 16.0. The van der Waals surface area contributed by atoms with Gasteiger partial charge >= 0.3 is 0 Å². The van der Waals surface area contributed by atoms with Crippen molar-refractivity contribution in [3.63, 3.8) is 0 Å². The van der Waals surface area contributed by atoms with Gasteiger partial charge in [0.15, 0.2) is 0 Å². The average Bonchev–Trinajstić information content (AvgIpc) is 2.37. The molecule has 3 N–H and O–H groups in total. The maximum Gasteiger partial charge on any atom is 0.227 e. The van der Waals surface area contributed by atoms with E-state index in [4.69, 9.17) is 5.73 Å². The van der Waals surface area contributed by atoms with Crippen molar-refractivity contribution in [3.8, 4) is 0 Å². The van der Waals surface area contributed by atoms with Crippen LogP contribution >= 0.6 is 0 Å². The third kappa shape index (κ3) is 3.85. The quantitative estimate of drug-likeness (QED) is 0.872. The molecule has 0 radical (unpaired) electrons. The van der Waals surface area contributed by atoms with Crippen molar-refractivity contribution >= 4 is 5.91 Å². The lowest BCUT2D eigenvalue weighted by molar-refractivity contribution is -0.136. The largest absolute Gasteiger partial charge is 0.349 e. The van der Waals surface area contributed by atoms with Crippen LogP contribution in [0.1, 0.15) is 58.1 Å². The first-order valence-corrected chi connectivity index (χ1v) is 7.92. The summed E-state index contributed by atoms with van der Waals surface area (Å²) in [5, 5.41) is 3.26. The third-order valence-corrected chi connectivity index (χ3v) is 4.51. The van der Waals surface area contributed by atoms with E-state index in [0.29, 0.717) is 6.54 Å². The van der Waals surface area contributed by atoms with Crippen LogP contribution in [-0.4, -0.2) is 12.5 Å². The van der Waals surface area contributed by atoms with E-state index in [1.54, 1.807) is 0 Å². The van der Waals surface area contributed by atoms with Crippen LogP contribution in [0.5, 0.6) is 0 Å². The Bertz CT molecular complexity index is 466. The second kappa shape index (κ2) is 6.18. The Balaban J connectivity index is 2.14. The summed E-state index contributed by atoms with van der Waals surface area (Å²) in [6.07, 6.45) is 3.88. The summed E-state index contributed by atoms with van der Waals surface area (Å²) in [7, 11) is 0. The number of benzene rings is 1. The van der Waals surface area contributed by atoms with Crippen LogP contribution < -0.4 is 11.1 Å². The molecule has 3 heteroatoms. The molecule has 1 saturated carbocycles. The minimum atomic E-state index is -0.315. The predicted molar refractivity (Wildman–Crippen MR) is 86.7 cm³/mol. The monoisotopic (exact) mass is 288 g/mol. The zero-order valence-corrected chi connectivity index (χ0v) is 13.5. The van der Waals surface area contributed by atoms with E-state index in [9.17, 15) is 4.79 Å². The standard InChI is InChI=1S/C18H28N2O/c1-17(2,3)12-15(14-8-5-4-6-9-14)20-16(21)18(13-19)10-7-11-18/h4-6,8-9,15H,7,10-13,19H2,1-3H3,(H,20,21). The Kier molecular flexibility index (Phi) is 4.72. The molecule has 1 aromatic carbocycles. The van der Waals surface area contributed by atoms with E-state index in [1.165, 1.54) is 5.56 Å². The van der Waals surface area contributed by atoms with E-state index < -0.39 is 0 Å². The van der Waals surface area contributed by atoms with Crippen LogP contribution in [0.4, 0.5) is 0 Å². The lowest BCUT2D eigenvalue weighted by Crippen LogP contribution is -2.51. The van der Waals surface area contributed by atoms with E-state index in [-0.39, 0.29) is 22.8 Å². The summed E-state index contributed by atoms with van der Waals surface area (Å²) in [4.78, 5) is 12.7. The molecular formula is C18H28N2O. The van der Waals surface area contributed by atoms with Gasteiger partial charge in [-0.3, -0.25) is 4.79 Å². The highest BCUT2D eigenvalue weighted by molar-refractivity contribution is 5.84. The van der Waals surface area contributed by atoms with Crippen LogP contribution in [0.3, 0.4) is 0 Å². The summed E-state index contributed by atoms with van der Waals surface area (Å²) >= 11 is 0. The molecule has 1 amide bonds. The fourth-order valence-corrected chi connectivity index (χ4v) is 2.99. The topological polar surface area (TPSA) is 55.1 Å². The highest BCUT2D eigenvalue weighted by atomic mass is 16.2. The number of nitrogens with two attached hydrogens (primary N) is 1. The molecule has 0 aromatic heterocycles. The Morgan fingerprint density at radius 3 is 2.33 bits per heavy atom. The molecule has 2 rings (SSSR count). The molecule has 116 valence electrons. The zero-order chi connectivity index (χ0) is 15.5. The number of hydrogen-bond donors (Lipinski definition) is 2. The highest BCUT2D eigenvalue weighted by Crippen LogP contribution is 2.41. The zero-order valence-electron chi connectivity index (χ0n) is 13.5. The number of hydrogen-bond acceptors (Lipinski definition) is 2. The summed E-state index contributed by atoms with van der Waals surface area (Å²) in [5.74, 6) is 0.134. The predicted octanol–water partition coefficient (Wildman–Crippen LogP) is 3.41. The molecule has 1 fully saturated rings. The molecule has 1 aliphatic carbocycles. The van der Waals surface area contributed by atoms with Gasteiger partial charge < -0.3 is 11.1 Å². The SMILES string of the molecule is CC(C)(C)CC(NC(=O)C1(CN)CCC1)c1ccccc1. The second-order valence-corrected chi connectivity index (χ2v) is 7.54. The molecule has 0 saturated heterocycles. The fraction of sp³-hybridized carbons (Fsp3) is 0.611. The van der Waals surface area contributed by atoms with Gasteiger partial charge in [0.05, 0.1) is 11.5 Å². The van der Waals surface area contributed by atoms with Gasteiger partial charge in [0.25, 0.3) is 0 Å². The van der Waals surface area contributed by atoms with Crippen molar-refractivity contribution in [3.05, 3.63) is 35.9 Å². The molecule has 0 heterocycles. The summed E-state index contributed by atoms with van der Waals surface area (Å²) in [6, 6.07) is 10.3. The first-order valence-electron chi connectivity index (χ1n) is 7.92. The van der Waals surface area contributed by atoms with E-state index in [0.717, 1.165) is 25.7 Å². The molecule has 0 spiro atoms. The fourth-order valence-electron chi connectivity index (χ4n) is 2.99.